The number of carbonyl (C=O) groups excluding carboxylic acids is 2. The van der Waals surface area contributed by atoms with Gasteiger partial charge in [0.2, 0.25) is 11.7 Å². The first kappa shape index (κ1) is 20.7. The SMILES string of the molecule is NC(=O)c1ccc2nnc(C(=O)N3C[C@H]4CC(C5C=CC=CC5C(F)(F)F)C[C@H]4C3)n2c1. The minimum atomic E-state index is -4.26. The summed E-state index contributed by atoms with van der Waals surface area (Å²) in [5, 5.41) is 7.97. The van der Waals surface area contributed by atoms with Gasteiger partial charge >= 0.3 is 6.18 Å². The molecule has 5 atom stereocenters. The van der Waals surface area contributed by atoms with Crippen molar-refractivity contribution in [3.05, 3.63) is 54.0 Å². The Bertz CT molecular complexity index is 1120. The molecule has 2 N–H and O–H groups in total. The Morgan fingerprint density at radius 1 is 1.00 bits per heavy atom. The first-order valence-corrected chi connectivity index (χ1v) is 10.6. The van der Waals surface area contributed by atoms with E-state index in [4.69, 9.17) is 5.73 Å². The summed E-state index contributed by atoms with van der Waals surface area (Å²) in [7, 11) is 0. The van der Waals surface area contributed by atoms with Crippen molar-refractivity contribution >= 4 is 17.5 Å². The van der Waals surface area contributed by atoms with Crippen molar-refractivity contribution in [1.82, 2.24) is 19.5 Å². The molecule has 2 aromatic rings. The fourth-order valence-corrected chi connectivity index (χ4v) is 5.55. The molecule has 3 unspecified atom stereocenters. The van der Waals surface area contributed by atoms with E-state index in [-0.39, 0.29) is 35.0 Å². The van der Waals surface area contributed by atoms with Crippen molar-refractivity contribution < 1.29 is 22.8 Å². The number of pyridine rings is 1. The maximum absolute atomic E-state index is 13.5. The summed E-state index contributed by atoms with van der Waals surface area (Å²) >= 11 is 0. The van der Waals surface area contributed by atoms with Crippen LogP contribution in [0.25, 0.3) is 5.65 Å². The number of nitrogens with two attached hydrogens (primary N) is 1. The molecule has 7 nitrogen and oxygen atoms in total. The monoisotopic (exact) mass is 445 g/mol. The van der Waals surface area contributed by atoms with Crippen LogP contribution in [0.4, 0.5) is 13.2 Å². The highest BCUT2D eigenvalue weighted by Crippen LogP contribution is 2.50. The fraction of sp³-hybridized carbons (Fsp3) is 0.455. The molecule has 2 fully saturated rings. The zero-order valence-corrected chi connectivity index (χ0v) is 17.1. The number of amides is 2. The zero-order valence-electron chi connectivity index (χ0n) is 17.1. The number of nitrogens with zero attached hydrogens (tertiary/aromatic N) is 4. The van der Waals surface area contributed by atoms with Gasteiger partial charge in [-0.15, -0.1) is 10.2 Å². The second-order valence-corrected chi connectivity index (χ2v) is 8.91. The summed E-state index contributed by atoms with van der Waals surface area (Å²) in [6.45, 7) is 0.959. The predicted octanol–water partition coefficient (Wildman–Crippen LogP) is 2.85. The normalized spacial score (nSPS) is 29.6. The zero-order chi connectivity index (χ0) is 22.6. The molecular formula is C22H22F3N5O2. The van der Waals surface area contributed by atoms with Gasteiger partial charge in [0, 0.05) is 19.3 Å². The minimum absolute atomic E-state index is 0.0536. The lowest BCUT2D eigenvalue weighted by Crippen LogP contribution is -2.34. The first-order chi connectivity index (χ1) is 15.2. The summed E-state index contributed by atoms with van der Waals surface area (Å²) < 4.78 is 41.9. The molecule has 3 aliphatic rings. The number of carbonyl (C=O) groups is 2. The van der Waals surface area contributed by atoms with Crippen LogP contribution in [0.3, 0.4) is 0 Å². The molecule has 2 aliphatic carbocycles. The standard InChI is InChI=1S/C22H22F3N5O2/c23-22(24,25)17-4-2-1-3-16(17)13-7-14-9-29(10-15(14)8-13)21(32)20-28-27-18-6-5-12(19(26)31)11-30(18)20/h1-6,11,13-17H,7-10H2,(H2,26,31)/t13?,14-,15+,16?,17?. The molecule has 0 spiro atoms. The lowest BCUT2D eigenvalue weighted by molar-refractivity contribution is -0.174. The van der Waals surface area contributed by atoms with Gasteiger partial charge in [-0.2, -0.15) is 13.2 Å². The van der Waals surface area contributed by atoms with Gasteiger partial charge in [0.1, 0.15) is 0 Å². The van der Waals surface area contributed by atoms with Gasteiger partial charge in [-0.05, 0) is 48.6 Å². The molecule has 10 heteroatoms. The highest BCUT2D eigenvalue weighted by molar-refractivity contribution is 5.94. The molecule has 5 rings (SSSR count). The largest absolute Gasteiger partial charge is 0.395 e. The van der Waals surface area contributed by atoms with Crippen LogP contribution < -0.4 is 5.73 Å². The van der Waals surface area contributed by atoms with E-state index in [1.807, 2.05) is 0 Å². The maximum Gasteiger partial charge on any atom is 0.395 e. The van der Waals surface area contributed by atoms with Crippen molar-refractivity contribution in [2.24, 2.45) is 35.3 Å². The van der Waals surface area contributed by atoms with Crippen molar-refractivity contribution in [1.29, 1.82) is 0 Å². The maximum atomic E-state index is 13.5. The van der Waals surface area contributed by atoms with Crippen molar-refractivity contribution in [3.63, 3.8) is 0 Å². The third-order valence-corrected chi connectivity index (χ3v) is 7.05. The molecule has 32 heavy (non-hydrogen) atoms. The predicted molar refractivity (Wildman–Crippen MR) is 108 cm³/mol. The molecule has 0 aromatic carbocycles. The topological polar surface area (TPSA) is 93.6 Å². The molecule has 1 saturated heterocycles. The van der Waals surface area contributed by atoms with Gasteiger partial charge < -0.3 is 10.6 Å². The van der Waals surface area contributed by atoms with Crippen LogP contribution in [0.5, 0.6) is 0 Å². The number of hydrogen-bond donors (Lipinski definition) is 1. The number of primary amides is 1. The molecular weight excluding hydrogens is 423 g/mol. The summed E-state index contributed by atoms with van der Waals surface area (Å²) in [5.41, 5.74) is 5.99. The van der Waals surface area contributed by atoms with Gasteiger partial charge in [0.25, 0.3) is 5.91 Å². The van der Waals surface area contributed by atoms with Crippen molar-refractivity contribution in [2.45, 2.75) is 19.0 Å². The second-order valence-electron chi connectivity index (χ2n) is 8.91. The number of alkyl halides is 3. The number of hydrogen-bond acceptors (Lipinski definition) is 4. The van der Waals surface area contributed by atoms with Gasteiger partial charge in [0.15, 0.2) is 5.65 Å². The number of aromatic nitrogens is 3. The third kappa shape index (κ3) is 3.47. The smallest absolute Gasteiger partial charge is 0.366 e. The Labute approximate surface area is 181 Å². The van der Waals surface area contributed by atoms with Crippen LogP contribution in [-0.4, -0.2) is 50.6 Å². The molecule has 0 radical (unpaired) electrons. The van der Waals surface area contributed by atoms with Crippen LogP contribution in [0.1, 0.15) is 33.8 Å². The number of likely N-dealkylation sites (tertiary alicyclic amines) is 1. The molecule has 1 aliphatic heterocycles. The Hall–Kier alpha value is -3.17. The molecule has 2 aromatic heterocycles. The van der Waals surface area contributed by atoms with Crippen LogP contribution in [0, 0.1) is 29.6 Å². The Kier molecular flexibility index (Phi) is 4.83. The van der Waals surface area contributed by atoms with Crippen molar-refractivity contribution in [3.8, 4) is 0 Å². The molecule has 3 heterocycles. The van der Waals surface area contributed by atoms with E-state index in [0.29, 0.717) is 31.6 Å². The average molecular weight is 445 g/mol. The molecule has 1 saturated carbocycles. The fourth-order valence-electron chi connectivity index (χ4n) is 5.55. The highest BCUT2D eigenvalue weighted by Gasteiger charge is 2.50. The molecule has 168 valence electrons. The Morgan fingerprint density at radius 2 is 1.69 bits per heavy atom. The molecule has 2 amide bonds. The summed E-state index contributed by atoms with van der Waals surface area (Å²) in [6.07, 6.45) is 4.62. The summed E-state index contributed by atoms with van der Waals surface area (Å²) in [5.74, 6) is -2.56. The van der Waals surface area contributed by atoms with Crippen LogP contribution >= 0.6 is 0 Å². The van der Waals surface area contributed by atoms with E-state index >= 15 is 0 Å². The van der Waals surface area contributed by atoms with E-state index in [0.717, 1.165) is 0 Å². The van der Waals surface area contributed by atoms with E-state index in [2.05, 4.69) is 10.2 Å². The van der Waals surface area contributed by atoms with Crippen molar-refractivity contribution in [2.75, 3.05) is 13.1 Å². The van der Waals surface area contributed by atoms with E-state index < -0.39 is 23.9 Å². The molecule has 0 bridgehead atoms. The number of allylic oxidation sites excluding steroid dienone is 4. The number of fused-ring (bicyclic) bond motifs is 2. The number of rotatable bonds is 3. The third-order valence-electron chi connectivity index (χ3n) is 7.05. The minimum Gasteiger partial charge on any atom is -0.366 e. The highest BCUT2D eigenvalue weighted by atomic mass is 19.4. The lowest BCUT2D eigenvalue weighted by Gasteiger charge is -2.31. The summed E-state index contributed by atoms with van der Waals surface area (Å²) in [6, 6.07) is 3.08. The van der Waals surface area contributed by atoms with E-state index in [9.17, 15) is 22.8 Å². The quantitative estimate of drug-likeness (QED) is 0.786. The average Bonchev–Trinajstić information content (AvgIpc) is 3.45. The van der Waals surface area contributed by atoms with Gasteiger partial charge in [0.05, 0.1) is 11.5 Å². The van der Waals surface area contributed by atoms with Crippen LogP contribution in [0.15, 0.2) is 42.6 Å². The second kappa shape index (κ2) is 7.46. The number of halogens is 3. The van der Waals surface area contributed by atoms with Gasteiger partial charge in [-0.1, -0.05) is 24.3 Å². The van der Waals surface area contributed by atoms with E-state index in [1.165, 1.54) is 28.8 Å². The Morgan fingerprint density at radius 3 is 2.34 bits per heavy atom. The van der Waals surface area contributed by atoms with Crippen LogP contribution in [-0.2, 0) is 0 Å². The first-order valence-electron chi connectivity index (χ1n) is 10.6. The van der Waals surface area contributed by atoms with Gasteiger partial charge in [-0.25, -0.2) is 0 Å². The van der Waals surface area contributed by atoms with E-state index in [1.54, 1.807) is 23.1 Å². The lowest BCUT2D eigenvalue weighted by atomic mass is 9.77. The Balaban J connectivity index is 1.30. The van der Waals surface area contributed by atoms with Gasteiger partial charge in [-0.3, -0.25) is 14.0 Å². The van der Waals surface area contributed by atoms with Crippen LogP contribution in [0.2, 0.25) is 0 Å². The summed E-state index contributed by atoms with van der Waals surface area (Å²) in [4.78, 5) is 26.3.